The van der Waals surface area contributed by atoms with Crippen LogP contribution in [-0.2, 0) is 0 Å². The Bertz CT molecular complexity index is 301. The Morgan fingerprint density at radius 2 is 1.84 bits per heavy atom. The molecule has 0 fully saturated rings. The predicted octanol–water partition coefficient (Wildman–Crippen LogP) is 4.86. The van der Waals surface area contributed by atoms with Crippen molar-refractivity contribution in [3.05, 3.63) is 30.1 Å². The fourth-order valence-electron chi connectivity index (χ4n) is 2.40. The van der Waals surface area contributed by atoms with Gasteiger partial charge < -0.3 is 5.32 Å². The standard InChI is InChI=1S/C15H26N2.CH3I/c1-12(2)11-13(3)8-9-14(16-4)15-7-5-6-10-17-15;1-2/h5-7,10,12-14,16H,8-9,11H2,1-4H3;1H3. The van der Waals surface area contributed by atoms with Crippen molar-refractivity contribution in [1.29, 1.82) is 0 Å². The van der Waals surface area contributed by atoms with Crippen LogP contribution in [0.25, 0.3) is 0 Å². The maximum Gasteiger partial charge on any atom is 0.0573 e. The van der Waals surface area contributed by atoms with Crippen LogP contribution in [0.1, 0.15) is 51.8 Å². The number of nitrogens with one attached hydrogen (secondary N) is 1. The number of aromatic nitrogens is 1. The van der Waals surface area contributed by atoms with E-state index in [1.165, 1.54) is 19.3 Å². The summed E-state index contributed by atoms with van der Waals surface area (Å²) in [7, 11) is 2.02. The maximum atomic E-state index is 4.43. The zero-order valence-corrected chi connectivity index (χ0v) is 15.1. The second kappa shape index (κ2) is 11.6. The Morgan fingerprint density at radius 3 is 2.32 bits per heavy atom. The molecule has 2 atom stereocenters. The first-order chi connectivity index (χ1) is 9.13. The van der Waals surface area contributed by atoms with Gasteiger partial charge in [-0.1, -0.05) is 49.4 Å². The van der Waals surface area contributed by atoms with E-state index in [0.29, 0.717) is 6.04 Å². The number of hydrogen-bond acceptors (Lipinski definition) is 2. The molecule has 0 radical (unpaired) electrons. The van der Waals surface area contributed by atoms with E-state index in [1.807, 2.05) is 24.2 Å². The van der Waals surface area contributed by atoms with E-state index in [1.54, 1.807) is 0 Å². The fourth-order valence-corrected chi connectivity index (χ4v) is 2.40. The lowest BCUT2D eigenvalue weighted by Crippen LogP contribution is -2.18. The Kier molecular flexibility index (Phi) is 11.6. The van der Waals surface area contributed by atoms with Crippen molar-refractivity contribution < 1.29 is 0 Å². The summed E-state index contributed by atoms with van der Waals surface area (Å²) in [6.45, 7) is 6.95. The van der Waals surface area contributed by atoms with E-state index in [2.05, 4.69) is 65.8 Å². The lowest BCUT2D eigenvalue weighted by atomic mass is 9.92. The van der Waals surface area contributed by atoms with Gasteiger partial charge in [-0.25, -0.2) is 0 Å². The van der Waals surface area contributed by atoms with E-state index >= 15 is 0 Å². The Labute approximate surface area is 132 Å². The predicted molar refractivity (Wildman–Crippen MR) is 93.8 cm³/mol. The second-order valence-corrected chi connectivity index (χ2v) is 5.41. The fraction of sp³-hybridized carbons (Fsp3) is 0.688. The third-order valence-corrected chi connectivity index (χ3v) is 3.22. The van der Waals surface area contributed by atoms with Crippen molar-refractivity contribution in [3.8, 4) is 0 Å². The lowest BCUT2D eigenvalue weighted by Gasteiger charge is -2.19. The van der Waals surface area contributed by atoms with Gasteiger partial charge in [0.15, 0.2) is 0 Å². The molecule has 1 aromatic rings. The zero-order chi connectivity index (χ0) is 14.7. The summed E-state index contributed by atoms with van der Waals surface area (Å²) < 4.78 is 0. The first-order valence-corrected chi connectivity index (χ1v) is 9.25. The Balaban J connectivity index is 0.00000154. The molecule has 2 unspecified atom stereocenters. The van der Waals surface area contributed by atoms with Crippen molar-refractivity contribution in [1.82, 2.24) is 10.3 Å². The minimum Gasteiger partial charge on any atom is -0.312 e. The van der Waals surface area contributed by atoms with Crippen LogP contribution in [0.4, 0.5) is 0 Å². The van der Waals surface area contributed by atoms with Gasteiger partial charge in [0.2, 0.25) is 0 Å². The Hall–Kier alpha value is -0.160. The number of rotatable bonds is 7. The van der Waals surface area contributed by atoms with Crippen molar-refractivity contribution in [2.45, 2.75) is 46.1 Å². The molecule has 0 aliphatic rings. The van der Waals surface area contributed by atoms with E-state index in [-0.39, 0.29) is 0 Å². The molecule has 1 rings (SSSR count). The number of halogens is 1. The third kappa shape index (κ3) is 8.58. The molecule has 1 aromatic heterocycles. The van der Waals surface area contributed by atoms with Crippen molar-refractivity contribution >= 4 is 22.6 Å². The first-order valence-electron chi connectivity index (χ1n) is 7.09. The molecule has 2 nitrogen and oxygen atoms in total. The monoisotopic (exact) mass is 376 g/mol. The number of hydrogen-bond donors (Lipinski definition) is 1. The number of alkyl halides is 1. The molecule has 3 heteroatoms. The van der Waals surface area contributed by atoms with Gasteiger partial charge in [0.1, 0.15) is 0 Å². The molecule has 0 aliphatic carbocycles. The smallest absolute Gasteiger partial charge is 0.0573 e. The van der Waals surface area contributed by atoms with Gasteiger partial charge in [0, 0.05) is 12.2 Å². The molecule has 0 aliphatic heterocycles. The molecule has 0 spiro atoms. The van der Waals surface area contributed by atoms with Crippen LogP contribution in [0.2, 0.25) is 0 Å². The highest BCUT2D eigenvalue weighted by Crippen LogP contribution is 2.22. The molecule has 19 heavy (non-hydrogen) atoms. The highest BCUT2D eigenvalue weighted by Gasteiger charge is 2.12. The summed E-state index contributed by atoms with van der Waals surface area (Å²) >= 11 is 2.15. The molecule has 0 saturated heterocycles. The molecule has 1 N–H and O–H groups in total. The number of pyridine rings is 1. The van der Waals surface area contributed by atoms with Crippen LogP contribution >= 0.6 is 22.6 Å². The van der Waals surface area contributed by atoms with Crippen LogP contribution in [0, 0.1) is 11.8 Å². The summed E-state index contributed by atoms with van der Waals surface area (Å²) in [6.07, 6.45) is 5.62. The first kappa shape index (κ1) is 18.8. The lowest BCUT2D eigenvalue weighted by molar-refractivity contribution is 0.377. The topological polar surface area (TPSA) is 24.9 Å². The zero-order valence-electron chi connectivity index (χ0n) is 13.0. The van der Waals surface area contributed by atoms with Crippen LogP contribution in [0.15, 0.2) is 24.4 Å². The maximum absolute atomic E-state index is 4.43. The van der Waals surface area contributed by atoms with Gasteiger partial charge in [-0.2, -0.15) is 0 Å². The van der Waals surface area contributed by atoms with Gasteiger partial charge in [-0.3, -0.25) is 4.98 Å². The molecule has 0 bridgehead atoms. The quantitative estimate of drug-likeness (QED) is 0.543. The van der Waals surface area contributed by atoms with Crippen molar-refractivity contribution in [2.24, 2.45) is 11.8 Å². The van der Waals surface area contributed by atoms with Crippen LogP contribution in [0.3, 0.4) is 0 Å². The molecular formula is C16H29IN2. The van der Waals surface area contributed by atoms with Crippen molar-refractivity contribution in [3.63, 3.8) is 0 Å². The van der Waals surface area contributed by atoms with Crippen LogP contribution in [-0.4, -0.2) is 17.0 Å². The molecule has 110 valence electrons. The van der Waals surface area contributed by atoms with Crippen LogP contribution in [0.5, 0.6) is 0 Å². The van der Waals surface area contributed by atoms with Crippen molar-refractivity contribution in [2.75, 3.05) is 12.0 Å². The molecule has 0 saturated carbocycles. The van der Waals surface area contributed by atoms with E-state index in [0.717, 1.165) is 17.5 Å². The normalized spacial score (nSPS) is 13.6. The van der Waals surface area contributed by atoms with Gasteiger partial charge in [0.25, 0.3) is 0 Å². The summed E-state index contributed by atoms with van der Waals surface area (Å²) in [6, 6.07) is 6.53. The second-order valence-electron chi connectivity index (χ2n) is 5.41. The summed E-state index contributed by atoms with van der Waals surface area (Å²) in [4.78, 5) is 6.40. The minimum absolute atomic E-state index is 0.394. The van der Waals surface area contributed by atoms with Gasteiger partial charge in [0.05, 0.1) is 5.69 Å². The van der Waals surface area contributed by atoms with Gasteiger partial charge >= 0.3 is 0 Å². The summed E-state index contributed by atoms with van der Waals surface area (Å²) in [5.41, 5.74) is 1.16. The molecule has 1 heterocycles. The molecular weight excluding hydrogens is 347 g/mol. The summed E-state index contributed by atoms with van der Waals surface area (Å²) in [5.74, 6) is 1.60. The third-order valence-electron chi connectivity index (χ3n) is 3.22. The largest absolute Gasteiger partial charge is 0.312 e. The average Bonchev–Trinajstić information content (AvgIpc) is 2.42. The van der Waals surface area contributed by atoms with E-state index in [4.69, 9.17) is 0 Å². The average molecular weight is 376 g/mol. The van der Waals surface area contributed by atoms with E-state index in [9.17, 15) is 0 Å². The van der Waals surface area contributed by atoms with Gasteiger partial charge in [-0.15, -0.1) is 0 Å². The molecule has 0 amide bonds. The highest BCUT2D eigenvalue weighted by atomic mass is 127. The van der Waals surface area contributed by atoms with E-state index < -0.39 is 0 Å². The SMILES string of the molecule is CI.CNC(CCC(C)CC(C)C)c1ccccn1. The molecule has 0 aromatic carbocycles. The summed E-state index contributed by atoms with van der Waals surface area (Å²) in [5, 5.41) is 3.36. The Morgan fingerprint density at radius 1 is 1.16 bits per heavy atom. The highest BCUT2D eigenvalue weighted by molar-refractivity contribution is 14.1. The van der Waals surface area contributed by atoms with Crippen LogP contribution < -0.4 is 5.32 Å². The number of nitrogens with zero attached hydrogens (tertiary/aromatic N) is 1. The van der Waals surface area contributed by atoms with Gasteiger partial charge in [-0.05, 0) is 55.2 Å². The minimum atomic E-state index is 0.394.